The number of aromatic nitrogens is 2. The summed E-state index contributed by atoms with van der Waals surface area (Å²) in [6, 6.07) is 4.40. The zero-order valence-electron chi connectivity index (χ0n) is 13.5. The Morgan fingerprint density at radius 2 is 2.04 bits per heavy atom. The Morgan fingerprint density at radius 3 is 2.58 bits per heavy atom. The number of hydrogen-bond acceptors (Lipinski definition) is 3. The van der Waals surface area contributed by atoms with Crippen LogP contribution in [0.5, 0.6) is 0 Å². The Hall–Kier alpha value is -2.35. The number of carbonyl (C=O) groups is 1. The zero-order chi connectivity index (χ0) is 18.1. The average Bonchev–Trinajstić information content (AvgIpc) is 2.76. The molecule has 8 heteroatoms. The third-order valence-electron chi connectivity index (χ3n) is 3.79. The summed E-state index contributed by atoms with van der Waals surface area (Å²) in [7, 11) is 1.70. The van der Waals surface area contributed by atoms with Crippen molar-refractivity contribution in [2.75, 3.05) is 6.54 Å². The van der Waals surface area contributed by atoms with Crippen LogP contribution in [-0.2, 0) is 13.2 Å². The fourth-order valence-corrected chi connectivity index (χ4v) is 2.42. The first-order valence-corrected chi connectivity index (χ1v) is 7.25. The smallest absolute Gasteiger partial charge is 0.387 e. The number of benzene rings is 1. The van der Waals surface area contributed by atoms with Gasteiger partial charge in [-0.15, -0.1) is 0 Å². The lowest BCUT2D eigenvalue weighted by atomic mass is 10.1. The average molecular weight is 341 g/mol. The van der Waals surface area contributed by atoms with Crippen molar-refractivity contribution >= 4 is 5.91 Å². The Labute approximate surface area is 137 Å². The first-order chi connectivity index (χ1) is 11.1. The molecule has 1 heterocycles. The van der Waals surface area contributed by atoms with Crippen LogP contribution in [0.2, 0.25) is 0 Å². The molecule has 1 atom stereocenters. The highest BCUT2D eigenvalue weighted by Crippen LogP contribution is 2.30. The van der Waals surface area contributed by atoms with Gasteiger partial charge in [0, 0.05) is 19.3 Å². The van der Waals surface area contributed by atoms with E-state index in [9.17, 15) is 23.1 Å². The second kappa shape index (κ2) is 6.64. The van der Waals surface area contributed by atoms with Crippen LogP contribution in [0.15, 0.2) is 24.3 Å². The Balaban J connectivity index is 2.08. The van der Waals surface area contributed by atoms with Gasteiger partial charge in [0.2, 0.25) is 0 Å². The van der Waals surface area contributed by atoms with Crippen LogP contribution in [0.4, 0.5) is 13.2 Å². The number of carbonyl (C=O) groups excluding carboxylic acids is 1. The summed E-state index contributed by atoms with van der Waals surface area (Å²) in [4.78, 5) is 12.2. The van der Waals surface area contributed by atoms with Crippen LogP contribution < -0.4 is 5.32 Å². The van der Waals surface area contributed by atoms with Crippen LogP contribution in [0.25, 0.3) is 0 Å². The second-order valence-corrected chi connectivity index (χ2v) is 5.52. The highest BCUT2D eigenvalue weighted by Gasteiger charge is 2.31. The minimum absolute atomic E-state index is 0.0877. The van der Waals surface area contributed by atoms with Crippen molar-refractivity contribution < 1.29 is 23.1 Å². The first-order valence-electron chi connectivity index (χ1n) is 7.25. The monoisotopic (exact) mass is 341 g/mol. The molecule has 1 aromatic heterocycles. The number of hydrogen-bond donors (Lipinski definition) is 2. The standard InChI is InChI=1S/C16H18F3N3O2/c1-9-14(10(2)22(3)21-9)15(24)20-8-13(23)11-5-4-6-12(7-11)16(17,18)19/h4-7,13,23H,8H2,1-3H3,(H,20,24)/t13-/m0/s1. The molecule has 1 aromatic carbocycles. The van der Waals surface area contributed by atoms with Gasteiger partial charge in [-0.3, -0.25) is 9.48 Å². The van der Waals surface area contributed by atoms with E-state index >= 15 is 0 Å². The fourth-order valence-electron chi connectivity index (χ4n) is 2.42. The summed E-state index contributed by atoms with van der Waals surface area (Å²) in [6.45, 7) is 3.22. The van der Waals surface area contributed by atoms with E-state index in [0.29, 0.717) is 17.0 Å². The van der Waals surface area contributed by atoms with Crippen molar-refractivity contribution in [1.82, 2.24) is 15.1 Å². The van der Waals surface area contributed by atoms with Gasteiger partial charge in [0.25, 0.3) is 5.91 Å². The predicted octanol–water partition coefficient (Wildman–Crippen LogP) is 2.52. The summed E-state index contributed by atoms with van der Waals surface area (Å²) >= 11 is 0. The van der Waals surface area contributed by atoms with Gasteiger partial charge in [0.15, 0.2) is 0 Å². The van der Waals surface area contributed by atoms with E-state index in [1.807, 2.05) is 0 Å². The van der Waals surface area contributed by atoms with Gasteiger partial charge in [-0.1, -0.05) is 12.1 Å². The minimum atomic E-state index is -4.48. The maximum Gasteiger partial charge on any atom is 0.416 e. The molecule has 130 valence electrons. The molecule has 2 rings (SSSR count). The molecule has 1 amide bonds. The van der Waals surface area contributed by atoms with E-state index in [4.69, 9.17) is 0 Å². The number of aliphatic hydroxyl groups excluding tert-OH is 1. The minimum Gasteiger partial charge on any atom is -0.387 e. The molecule has 0 spiro atoms. The zero-order valence-corrected chi connectivity index (χ0v) is 13.5. The van der Waals surface area contributed by atoms with Crippen LogP contribution in [0, 0.1) is 13.8 Å². The number of amides is 1. The summed E-state index contributed by atoms with van der Waals surface area (Å²) in [5, 5.41) is 16.7. The topological polar surface area (TPSA) is 67.2 Å². The molecule has 0 saturated carbocycles. The third-order valence-corrected chi connectivity index (χ3v) is 3.79. The summed E-state index contributed by atoms with van der Waals surface area (Å²) in [5.41, 5.74) is 0.849. The largest absolute Gasteiger partial charge is 0.416 e. The summed E-state index contributed by atoms with van der Waals surface area (Å²) < 4.78 is 39.7. The van der Waals surface area contributed by atoms with Gasteiger partial charge >= 0.3 is 6.18 Å². The summed E-state index contributed by atoms with van der Waals surface area (Å²) in [6.07, 6.45) is -5.73. The van der Waals surface area contributed by atoms with Crippen LogP contribution >= 0.6 is 0 Å². The molecule has 5 nitrogen and oxygen atoms in total. The number of nitrogens with zero attached hydrogens (tertiary/aromatic N) is 2. The second-order valence-electron chi connectivity index (χ2n) is 5.52. The van der Waals surface area contributed by atoms with Crippen molar-refractivity contribution in [1.29, 1.82) is 0 Å². The molecule has 0 saturated heterocycles. The molecular weight excluding hydrogens is 323 g/mol. The molecule has 0 unspecified atom stereocenters. The Kier molecular flexibility index (Phi) is 4.98. The quantitative estimate of drug-likeness (QED) is 0.898. The summed E-state index contributed by atoms with van der Waals surface area (Å²) in [5.74, 6) is -0.427. The van der Waals surface area contributed by atoms with Crippen molar-refractivity contribution in [3.63, 3.8) is 0 Å². The lowest BCUT2D eigenvalue weighted by Gasteiger charge is -2.14. The maximum atomic E-state index is 12.7. The lowest BCUT2D eigenvalue weighted by molar-refractivity contribution is -0.137. The van der Waals surface area contributed by atoms with Crippen LogP contribution in [-0.4, -0.2) is 27.3 Å². The van der Waals surface area contributed by atoms with Crippen molar-refractivity contribution in [3.8, 4) is 0 Å². The van der Waals surface area contributed by atoms with E-state index < -0.39 is 23.8 Å². The van der Waals surface area contributed by atoms with Gasteiger partial charge in [0.1, 0.15) is 0 Å². The van der Waals surface area contributed by atoms with Gasteiger partial charge in [0.05, 0.1) is 22.9 Å². The molecule has 2 N–H and O–H groups in total. The van der Waals surface area contributed by atoms with E-state index in [1.54, 1.807) is 25.6 Å². The van der Waals surface area contributed by atoms with Crippen molar-refractivity contribution in [3.05, 3.63) is 52.3 Å². The maximum absolute atomic E-state index is 12.7. The van der Waals surface area contributed by atoms with Crippen molar-refractivity contribution in [2.45, 2.75) is 26.1 Å². The predicted molar refractivity (Wildman–Crippen MR) is 81.4 cm³/mol. The van der Waals surface area contributed by atoms with Crippen molar-refractivity contribution in [2.24, 2.45) is 7.05 Å². The first kappa shape index (κ1) is 18.0. The Bertz CT molecular complexity index is 754. The molecule has 0 fully saturated rings. The molecule has 0 aliphatic carbocycles. The van der Waals surface area contributed by atoms with E-state index in [0.717, 1.165) is 12.1 Å². The molecule has 0 aliphatic rings. The van der Waals surface area contributed by atoms with Crippen LogP contribution in [0.3, 0.4) is 0 Å². The normalized spacial score (nSPS) is 13.0. The van der Waals surface area contributed by atoms with E-state index in [-0.39, 0.29) is 12.1 Å². The van der Waals surface area contributed by atoms with E-state index in [1.165, 1.54) is 12.1 Å². The van der Waals surface area contributed by atoms with Gasteiger partial charge in [-0.05, 0) is 31.5 Å². The SMILES string of the molecule is Cc1nn(C)c(C)c1C(=O)NC[C@H](O)c1cccc(C(F)(F)F)c1. The lowest BCUT2D eigenvalue weighted by Crippen LogP contribution is -2.29. The van der Waals surface area contributed by atoms with Crippen LogP contribution in [0.1, 0.15) is 39.0 Å². The van der Waals surface area contributed by atoms with E-state index in [2.05, 4.69) is 10.4 Å². The Morgan fingerprint density at radius 1 is 1.38 bits per heavy atom. The molecule has 2 aromatic rings. The molecule has 0 bridgehead atoms. The van der Waals surface area contributed by atoms with Gasteiger partial charge < -0.3 is 10.4 Å². The van der Waals surface area contributed by atoms with Gasteiger partial charge in [-0.25, -0.2) is 0 Å². The number of nitrogens with one attached hydrogen (secondary N) is 1. The molecule has 0 radical (unpaired) electrons. The number of rotatable bonds is 4. The third kappa shape index (κ3) is 3.76. The highest BCUT2D eigenvalue weighted by molar-refractivity contribution is 5.96. The number of alkyl halides is 3. The number of aliphatic hydroxyl groups is 1. The highest BCUT2D eigenvalue weighted by atomic mass is 19.4. The van der Waals surface area contributed by atoms with Gasteiger partial charge in [-0.2, -0.15) is 18.3 Å². The molecule has 0 aliphatic heterocycles. The number of halogens is 3. The molecular formula is C16H18F3N3O2. The molecule has 24 heavy (non-hydrogen) atoms. The number of aryl methyl sites for hydroxylation is 2. The fraction of sp³-hybridized carbons (Fsp3) is 0.375.